The van der Waals surface area contributed by atoms with Crippen LogP contribution in [0.15, 0.2) is 22.8 Å². The van der Waals surface area contributed by atoms with Crippen molar-refractivity contribution in [2.24, 2.45) is 0 Å². The molecule has 0 aliphatic rings. The summed E-state index contributed by atoms with van der Waals surface area (Å²) in [6.07, 6.45) is 2.28. The maximum absolute atomic E-state index is 11.5. The first-order chi connectivity index (χ1) is 7.65. The van der Waals surface area contributed by atoms with Crippen molar-refractivity contribution in [3.8, 4) is 0 Å². The Morgan fingerprint density at radius 3 is 2.81 bits per heavy atom. The van der Waals surface area contributed by atoms with Gasteiger partial charge in [0, 0.05) is 6.54 Å². The van der Waals surface area contributed by atoms with E-state index in [1.165, 1.54) is 6.26 Å². The van der Waals surface area contributed by atoms with E-state index in [2.05, 4.69) is 10.6 Å². The highest BCUT2D eigenvalue weighted by molar-refractivity contribution is 5.95. The summed E-state index contributed by atoms with van der Waals surface area (Å²) < 4.78 is 4.91. The lowest BCUT2D eigenvalue weighted by atomic mass is 10.3. The number of furan rings is 1. The van der Waals surface area contributed by atoms with Crippen LogP contribution in [0.5, 0.6) is 0 Å². The highest BCUT2D eigenvalue weighted by atomic mass is 16.3. The molecule has 1 heterocycles. The van der Waals surface area contributed by atoms with E-state index in [1.54, 1.807) is 19.1 Å². The quantitative estimate of drug-likeness (QED) is 0.781. The lowest BCUT2D eigenvalue weighted by Gasteiger charge is -2.12. The normalized spacial score (nSPS) is 11.9. The van der Waals surface area contributed by atoms with Crippen molar-refractivity contribution in [2.75, 3.05) is 6.54 Å². The van der Waals surface area contributed by atoms with Gasteiger partial charge in [-0.3, -0.25) is 9.59 Å². The first-order valence-corrected chi connectivity index (χ1v) is 5.27. The number of nitrogens with one attached hydrogen (secondary N) is 2. The van der Waals surface area contributed by atoms with Gasteiger partial charge in [-0.2, -0.15) is 0 Å². The molecular weight excluding hydrogens is 208 g/mol. The third kappa shape index (κ3) is 3.42. The Bertz CT molecular complexity index is 346. The fourth-order valence-corrected chi connectivity index (χ4v) is 1.14. The Labute approximate surface area is 94.2 Å². The molecule has 2 N–H and O–H groups in total. The standard InChI is InChI=1S/C11H16N2O3/c1-3-6-12-10(14)8(2)13-11(15)9-5-4-7-16-9/h4-5,7-8H,3,6H2,1-2H3,(H,12,14)(H,13,15)/t8-/m0/s1. The molecule has 1 rings (SSSR count). The molecule has 5 nitrogen and oxygen atoms in total. The summed E-state index contributed by atoms with van der Waals surface area (Å²) >= 11 is 0. The van der Waals surface area contributed by atoms with Gasteiger partial charge in [-0.15, -0.1) is 0 Å². The SMILES string of the molecule is CCCNC(=O)[C@H](C)NC(=O)c1ccco1. The van der Waals surface area contributed by atoms with Crippen molar-refractivity contribution in [2.45, 2.75) is 26.3 Å². The van der Waals surface area contributed by atoms with E-state index in [-0.39, 0.29) is 17.6 Å². The van der Waals surface area contributed by atoms with Crippen LogP contribution in [0.4, 0.5) is 0 Å². The second-order valence-corrected chi connectivity index (χ2v) is 3.46. The van der Waals surface area contributed by atoms with Crippen LogP contribution in [0.3, 0.4) is 0 Å². The first-order valence-electron chi connectivity index (χ1n) is 5.27. The van der Waals surface area contributed by atoms with Crippen LogP contribution in [0.25, 0.3) is 0 Å². The van der Waals surface area contributed by atoms with E-state index in [4.69, 9.17) is 4.42 Å². The van der Waals surface area contributed by atoms with Crippen LogP contribution < -0.4 is 10.6 Å². The van der Waals surface area contributed by atoms with Crippen molar-refractivity contribution < 1.29 is 14.0 Å². The highest BCUT2D eigenvalue weighted by Crippen LogP contribution is 1.99. The monoisotopic (exact) mass is 224 g/mol. The zero-order valence-electron chi connectivity index (χ0n) is 9.45. The van der Waals surface area contributed by atoms with Crippen molar-refractivity contribution in [3.63, 3.8) is 0 Å². The van der Waals surface area contributed by atoms with Crippen LogP contribution in [-0.2, 0) is 4.79 Å². The number of rotatable bonds is 5. The number of hydrogen-bond acceptors (Lipinski definition) is 3. The Hall–Kier alpha value is -1.78. The summed E-state index contributed by atoms with van der Waals surface area (Å²) in [5, 5.41) is 5.24. The largest absolute Gasteiger partial charge is 0.459 e. The van der Waals surface area contributed by atoms with Gasteiger partial charge in [-0.05, 0) is 25.5 Å². The molecular formula is C11H16N2O3. The van der Waals surface area contributed by atoms with Crippen molar-refractivity contribution in [3.05, 3.63) is 24.2 Å². The van der Waals surface area contributed by atoms with Gasteiger partial charge in [0.15, 0.2) is 5.76 Å². The van der Waals surface area contributed by atoms with Gasteiger partial charge in [0.1, 0.15) is 6.04 Å². The Morgan fingerprint density at radius 1 is 1.50 bits per heavy atom. The van der Waals surface area contributed by atoms with Gasteiger partial charge >= 0.3 is 0 Å². The van der Waals surface area contributed by atoms with Gasteiger partial charge in [0.25, 0.3) is 5.91 Å². The van der Waals surface area contributed by atoms with E-state index in [1.807, 2.05) is 6.92 Å². The fraction of sp³-hybridized carbons (Fsp3) is 0.455. The predicted molar refractivity (Wildman–Crippen MR) is 58.9 cm³/mol. The molecule has 16 heavy (non-hydrogen) atoms. The Morgan fingerprint density at radius 2 is 2.25 bits per heavy atom. The molecule has 1 atom stereocenters. The highest BCUT2D eigenvalue weighted by Gasteiger charge is 2.17. The maximum atomic E-state index is 11.5. The van der Waals surface area contributed by atoms with E-state index < -0.39 is 6.04 Å². The minimum Gasteiger partial charge on any atom is -0.459 e. The van der Waals surface area contributed by atoms with Gasteiger partial charge in [0.05, 0.1) is 6.26 Å². The average Bonchev–Trinajstić information content (AvgIpc) is 2.79. The molecule has 0 fully saturated rings. The molecule has 1 aromatic rings. The molecule has 0 unspecified atom stereocenters. The van der Waals surface area contributed by atoms with Crippen LogP contribution in [-0.4, -0.2) is 24.4 Å². The van der Waals surface area contributed by atoms with Gasteiger partial charge < -0.3 is 15.1 Å². The summed E-state index contributed by atoms with van der Waals surface area (Å²) in [6, 6.07) is 2.60. The zero-order chi connectivity index (χ0) is 12.0. The summed E-state index contributed by atoms with van der Waals surface area (Å²) in [5.74, 6) is -0.374. The molecule has 0 radical (unpaired) electrons. The van der Waals surface area contributed by atoms with E-state index in [9.17, 15) is 9.59 Å². The lowest BCUT2D eigenvalue weighted by molar-refractivity contribution is -0.122. The van der Waals surface area contributed by atoms with E-state index in [0.717, 1.165) is 6.42 Å². The second-order valence-electron chi connectivity index (χ2n) is 3.46. The third-order valence-electron chi connectivity index (χ3n) is 2.04. The molecule has 0 spiro atoms. The van der Waals surface area contributed by atoms with Crippen LogP contribution >= 0.6 is 0 Å². The number of amides is 2. The summed E-state index contributed by atoms with van der Waals surface area (Å²) in [6.45, 7) is 4.21. The number of carbonyl (C=O) groups is 2. The summed E-state index contributed by atoms with van der Waals surface area (Å²) in [4.78, 5) is 23.0. The third-order valence-corrected chi connectivity index (χ3v) is 2.04. The van der Waals surface area contributed by atoms with Crippen LogP contribution in [0.1, 0.15) is 30.8 Å². The van der Waals surface area contributed by atoms with Gasteiger partial charge in [-0.25, -0.2) is 0 Å². The Balaban J connectivity index is 2.42. The summed E-state index contributed by atoms with van der Waals surface area (Å²) in [7, 11) is 0. The fourth-order valence-electron chi connectivity index (χ4n) is 1.14. The second kappa shape index (κ2) is 5.95. The van der Waals surface area contributed by atoms with Crippen LogP contribution in [0, 0.1) is 0 Å². The number of carbonyl (C=O) groups excluding carboxylic acids is 2. The molecule has 0 aromatic carbocycles. The smallest absolute Gasteiger partial charge is 0.287 e. The molecule has 88 valence electrons. The maximum Gasteiger partial charge on any atom is 0.287 e. The average molecular weight is 224 g/mol. The predicted octanol–water partition coefficient (Wildman–Crippen LogP) is 0.924. The Kier molecular flexibility index (Phi) is 4.57. The minimum atomic E-state index is -0.566. The lowest BCUT2D eigenvalue weighted by Crippen LogP contribution is -2.44. The molecule has 0 saturated heterocycles. The van der Waals surface area contributed by atoms with Crippen molar-refractivity contribution >= 4 is 11.8 Å². The topological polar surface area (TPSA) is 71.3 Å². The molecule has 0 aliphatic heterocycles. The van der Waals surface area contributed by atoms with E-state index >= 15 is 0 Å². The minimum absolute atomic E-state index is 0.193. The first kappa shape index (κ1) is 12.3. The molecule has 0 aliphatic carbocycles. The van der Waals surface area contributed by atoms with Crippen molar-refractivity contribution in [1.82, 2.24) is 10.6 Å². The summed E-state index contributed by atoms with van der Waals surface area (Å²) in [5.41, 5.74) is 0. The molecule has 5 heteroatoms. The molecule has 1 aromatic heterocycles. The molecule has 0 saturated carbocycles. The van der Waals surface area contributed by atoms with Gasteiger partial charge in [0.2, 0.25) is 5.91 Å². The number of hydrogen-bond donors (Lipinski definition) is 2. The van der Waals surface area contributed by atoms with Gasteiger partial charge in [-0.1, -0.05) is 6.92 Å². The van der Waals surface area contributed by atoms with E-state index in [0.29, 0.717) is 6.54 Å². The zero-order valence-corrected chi connectivity index (χ0v) is 9.45. The molecule has 0 bridgehead atoms. The molecule has 2 amide bonds. The van der Waals surface area contributed by atoms with Crippen LogP contribution in [0.2, 0.25) is 0 Å². The van der Waals surface area contributed by atoms with Crippen molar-refractivity contribution in [1.29, 1.82) is 0 Å².